The molecule has 1 fully saturated rings. The van der Waals surface area contributed by atoms with Gasteiger partial charge in [0.2, 0.25) is 0 Å². The molecule has 0 radical (unpaired) electrons. The highest BCUT2D eigenvalue weighted by Gasteiger charge is 2.29. The summed E-state index contributed by atoms with van der Waals surface area (Å²) in [5.41, 5.74) is 2.68. The summed E-state index contributed by atoms with van der Waals surface area (Å²) in [7, 11) is 0. The Hall–Kier alpha value is -3.13. The number of anilines is 1. The van der Waals surface area contributed by atoms with Gasteiger partial charge < -0.3 is 4.52 Å². The molecule has 1 saturated carbocycles. The van der Waals surface area contributed by atoms with E-state index in [0.29, 0.717) is 39.0 Å². The van der Waals surface area contributed by atoms with Crippen LogP contribution in [-0.2, 0) is 0 Å². The summed E-state index contributed by atoms with van der Waals surface area (Å²) in [4.78, 5) is 21.6. The first-order valence-electron chi connectivity index (χ1n) is 8.46. The molecule has 134 valence electrons. The number of nitrogens with one attached hydrogen (secondary N) is 1. The molecule has 8 heteroatoms. The second kappa shape index (κ2) is 6.24. The minimum absolute atomic E-state index is 0.300. The number of carbonyl (C=O) groups excluding carboxylic acids is 1. The fourth-order valence-electron chi connectivity index (χ4n) is 2.99. The number of benzene rings is 1. The van der Waals surface area contributed by atoms with Gasteiger partial charge in [-0.1, -0.05) is 5.16 Å². The molecule has 0 bridgehead atoms. The summed E-state index contributed by atoms with van der Waals surface area (Å²) in [6, 6.07) is 7.69. The third-order valence-corrected chi connectivity index (χ3v) is 5.17. The molecule has 0 atom stereocenters. The second-order valence-electron chi connectivity index (χ2n) is 6.38. The van der Waals surface area contributed by atoms with E-state index in [1.54, 1.807) is 29.8 Å². The van der Waals surface area contributed by atoms with Crippen LogP contribution in [0.4, 0.5) is 9.52 Å². The van der Waals surface area contributed by atoms with Crippen molar-refractivity contribution in [3.63, 3.8) is 0 Å². The van der Waals surface area contributed by atoms with Gasteiger partial charge in [-0.25, -0.2) is 14.4 Å². The second-order valence-corrected chi connectivity index (χ2v) is 7.27. The zero-order valence-electron chi connectivity index (χ0n) is 14.0. The summed E-state index contributed by atoms with van der Waals surface area (Å²) in [5, 5.41) is 9.72. The maximum atomic E-state index is 13.3. The predicted octanol–water partition coefficient (Wildman–Crippen LogP) is 4.62. The van der Waals surface area contributed by atoms with Crippen LogP contribution in [-0.4, -0.2) is 21.0 Å². The number of pyridine rings is 1. The van der Waals surface area contributed by atoms with Gasteiger partial charge in [-0.05, 0) is 43.2 Å². The molecule has 1 aromatic carbocycles. The van der Waals surface area contributed by atoms with Gasteiger partial charge in [-0.15, -0.1) is 11.3 Å². The number of thiazole rings is 1. The van der Waals surface area contributed by atoms with Crippen LogP contribution < -0.4 is 5.32 Å². The van der Waals surface area contributed by atoms with Crippen molar-refractivity contribution < 1.29 is 13.7 Å². The van der Waals surface area contributed by atoms with Gasteiger partial charge in [-0.3, -0.25) is 10.1 Å². The van der Waals surface area contributed by atoms with Gasteiger partial charge >= 0.3 is 0 Å². The van der Waals surface area contributed by atoms with Crippen LogP contribution in [0.1, 0.15) is 34.8 Å². The van der Waals surface area contributed by atoms with E-state index in [4.69, 9.17) is 4.52 Å². The van der Waals surface area contributed by atoms with Crippen molar-refractivity contribution in [2.45, 2.75) is 18.8 Å². The number of amides is 1. The Morgan fingerprint density at radius 1 is 1.26 bits per heavy atom. The molecule has 5 rings (SSSR count). The monoisotopic (exact) mass is 380 g/mol. The highest BCUT2D eigenvalue weighted by Crippen LogP contribution is 2.41. The van der Waals surface area contributed by atoms with Crippen molar-refractivity contribution in [3.8, 4) is 11.3 Å². The lowest BCUT2D eigenvalue weighted by Gasteiger charge is -2.07. The zero-order valence-corrected chi connectivity index (χ0v) is 14.8. The summed E-state index contributed by atoms with van der Waals surface area (Å²) >= 11 is 1.34. The molecule has 0 aliphatic heterocycles. The molecule has 0 spiro atoms. The van der Waals surface area contributed by atoms with Gasteiger partial charge in [-0.2, -0.15) is 0 Å². The molecule has 1 amide bonds. The standard InChI is InChI=1S/C19H13FN4O2S/c20-12-5-3-11(4-6-12)16-15-13(17(25)23-19-21-7-8-27-19)9-14(10-1-2-10)22-18(15)26-24-16/h3-10H,1-2H2,(H,21,23,25). The van der Waals surface area contributed by atoms with Crippen LogP contribution in [0.15, 0.2) is 46.4 Å². The lowest BCUT2D eigenvalue weighted by molar-refractivity contribution is 0.102. The van der Waals surface area contributed by atoms with Crippen molar-refractivity contribution in [2.24, 2.45) is 0 Å². The lowest BCUT2D eigenvalue weighted by atomic mass is 10.0. The largest absolute Gasteiger partial charge is 0.335 e. The average molecular weight is 380 g/mol. The average Bonchev–Trinajstić information content (AvgIpc) is 3.24. The van der Waals surface area contributed by atoms with Crippen LogP contribution >= 0.6 is 11.3 Å². The van der Waals surface area contributed by atoms with Crippen molar-refractivity contribution in [1.29, 1.82) is 0 Å². The van der Waals surface area contributed by atoms with E-state index in [1.165, 1.54) is 23.5 Å². The van der Waals surface area contributed by atoms with Gasteiger partial charge in [0.05, 0.1) is 10.9 Å². The summed E-state index contributed by atoms with van der Waals surface area (Å²) < 4.78 is 18.7. The van der Waals surface area contributed by atoms with E-state index < -0.39 is 0 Å². The third-order valence-electron chi connectivity index (χ3n) is 4.48. The maximum absolute atomic E-state index is 13.3. The SMILES string of the molecule is O=C(Nc1nccs1)c1cc(C2CC2)nc2onc(-c3ccc(F)cc3)c12. The van der Waals surface area contributed by atoms with Crippen molar-refractivity contribution in [2.75, 3.05) is 5.32 Å². The number of hydrogen-bond acceptors (Lipinski definition) is 6. The lowest BCUT2D eigenvalue weighted by Crippen LogP contribution is -2.13. The van der Waals surface area contributed by atoms with Crippen LogP contribution in [0, 0.1) is 5.82 Å². The number of fused-ring (bicyclic) bond motifs is 1. The van der Waals surface area contributed by atoms with E-state index in [0.717, 1.165) is 18.5 Å². The smallest absolute Gasteiger partial charge is 0.259 e. The topological polar surface area (TPSA) is 80.9 Å². The highest BCUT2D eigenvalue weighted by atomic mass is 32.1. The van der Waals surface area contributed by atoms with E-state index in [1.807, 2.05) is 0 Å². The summed E-state index contributed by atoms with van der Waals surface area (Å²) in [5.74, 6) is -0.298. The molecule has 0 saturated heterocycles. The number of aromatic nitrogens is 3. The molecule has 0 unspecified atom stereocenters. The minimum Gasteiger partial charge on any atom is -0.335 e. The molecule has 27 heavy (non-hydrogen) atoms. The van der Waals surface area contributed by atoms with Crippen LogP contribution in [0.25, 0.3) is 22.4 Å². The van der Waals surface area contributed by atoms with Gasteiger partial charge in [0.1, 0.15) is 11.5 Å². The van der Waals surface area contributed by atoms with Crippen molar-refractivity contribution in [3.05, 3.63) is 59.0 Å². The van der Waals surface area contributed by atoms with Gasteiger partial charge in [0.25, 0.3) is 11.6 Å². The molecule has 6 nitrogen and oxygen atoms in total. The Labute approximate surface area is 157 Å². The summed E-state index contributed by atoms with van der Waals surface area (Å²) in [6.45, 7) is 0. The first kappa shape index (κ1) is 16.1. The van der Waals surface area contributed by atoms with Gasteiger partial charge in [0, 0.05) is 28.8 Å². The van der Waals surface area contributed by atoms with Crippen molar-refractivity contribution >= 4 is 33.5 Å². The Bertz CT molecular complexity index is 1130. The van der Waals surface area contributed by atoms with E-state index >= 15 is 0 Å². The quantitative estimate of drug-likeness (QED) is 0.559. The molecular weight excluding hydrogens is 367 g/mol. The predicted molar refractivity (Wildman–Crippen MR) is 99.2 cm³/mol. The molecule has 3 aromatic heterocycles. The molecule has 1 N–H and O–H groups in total. The normalized spacial score (nSPS) is 13.8. The summed E-state index contributed by atoms with van der Waals surface area (Å²) in [6.07, 6.45) is 3.72. The highest BCUT2D eigenvalue weighted by molar-refractivity contribution is 7.13. The van der Waals surface area contributed by atoms with E-state index in [2.05, 4.69) is 20.4 Å². The van der Waals surface area contributed by atoms with Crippen LogP contribution in [0.3, 0.4) is 0 Å². The first-order valence-corrected chi connectivity index (χ1v) is 9.34. The molecule has 4 aromatic rings. The molecule has 1 aliphatic carbocycles. The van der Waals surface area contributed by atoms with Gasteiger partial charge in [0.15, 0.2) is 5.13 Å². The number of carbonyl (C=O) groups is 1. The van der Waals surface area contributed by atoms with Crippen molar-refractivity contribution in [1.82, 2.24) is 15.1 Å². The minimum atomic E-state index is -0.345. The number of hydrogen-bond donors (Lipinski definition) is 1. The Morgan fingerprint density at radius 2 is 2.07 bits per heavy atom. The first-order chi connectivity index (χ1) is 13.2. The zero-order chi connectivity index (χ0) is 18.4. The molecule has 3 heterocycles. The molecule has 1 aliphatic rings. The fraction of sp³-hybridized carbons (Fsp3) is 0.158. The third kappa shape index (κ3) is 2.97. The number of nitrogens with zero attached hydrogens (tertiary/aromatic N) is 3. The Morgan fingerprint density at radius 3 is 2.78 bits per heavy atom. The Kier molecular flexibility index (Phi) is 3.71. The van der Waals surface area contributed by atoms with Crippen LogP contribution in [0.2, 0.25) is 0 Å². The maximum Gasteiger partial charge on any atom is 0.259 e. The van der Waals surface area contributed by atoms with E-state index in [-0.39, 0.29) is 11.7 Å². The number of rotatable bonds is 4. The van der Waals surface area contributed by atoms with Crippen LogP contribution in [0.5, 0.6) is 0 Å². The number of halogens is 1. The van der Waals surface area contributed by atoms with E-state index in [9.17, 15) is 9.18 Å². The Balaban J connectivity index is 1.67. The molecular formula is C19H13FN4O2S. The fourth-order valence-corrected chi connectivity index (χ4v) is 3.52.